The Hall–Kier alpha value is -2.77. The van der Waals surface area contributed by atoms with E-state index >= 15 is 0 Å². The van der Waals surface area contributed by atoms with Gasteiger partial charge in [0.25, 0.3) is 5.91 Å². The molecule has 2 aromatic rings. The molecule has 1 aliphatic carbocycles. The van der Waals surface area contributed by atoms with Crippen molar-refractivity contribution < 1.29 is 22.8 Å². The molecule has 1 aromatic heterocycles. The Morgan fingerprint density at radius 2 is 1.93 bits per heavy atom. The molecular weight excluding hydrogens is 359 g/mol. The number of amides is 1. The van der Waals surface area contributed by atoms with Crippen molar-refractivity contribution in [2.24, 2.45) is 5.92 Å². The van der Waals surface area contributed by atoms with Gasteiger partial charge in [-0.3, -0.25) is 9.59 Å². The molecular formula is C19H18F3N3O2. The summed E-state index contributed by atoms with van der Waals surface area (Å²) in [7, 11) is 0. The number of alkyl halides is 3. The van der Waals surface area contributed by atoms with E-state index in [2.05, 4.69) is 15.3 Å². The van der Waals surface area contributed by atoms with E-state index in [4.69, 9.17) is 0 Å². The van der Waals surface area contributed by atoms with Crippen LogP contribution in [0.4, 0.5) is 13.2 Å². The smallest absolute Gasteiger partial charge is 0.347 e. The van der Waals surface area contributed by atoms with E-state index in [9.17, 15) is 22.8 Å². The summed E-state index contributed by atoms with van der Waals surface area (Å²) in [5, 5.41) is 2.56. The van der Waals surface area contributed by atoms with Gasteiger partial charge >= 0.3 is 6.18 Å². The lowest BCUT2D eigenvalue weighted by Gasteiger charge is -2.10. The summed E-state index contributed by atoms with van der Waals surface area (Å²) in [6, 6.07) is 6.24. The van der Waals surface area contributed by atoms with Crippen LogP contribution < -0.4 is 5.32 Å². The molecule has 27 heavy (non-hydrogen) atoms. The van der Waals surface area contributed by atoms with Gasteiger partial charge in [-0.2, -0.15) is 13.2 Å². The molecule has 8 heteroatoms. The standard InChI is InChI=1S/C19H18F3N3O2/c1-11-7-15(25-17(24-11)9-16(26)13-5-6-13)18(27)23-10-12-3-2-4-14(8-12)19(20,21)22/h2-4,7-8,13H,5-6,9-10H2,1H3,(H,23,27). The molecule has 1 saturated carbocycles. The Kier molecular flexibility index (Phi) is 5.25. The number of nitrogens with zero attached hydrogens (tertiary/aromatic N) is 2. The molecule has 0 unspecified atom stereocenters. The summed E-state index contributed by atoms with van der Waals surface area (Å²) in [6.45, 7) is 1.62. The van der Waals surface area contributed by atoms with Gasteiger partial charge in [-0.25, -0.2) is 9.97 Å². The summed E-state index contributed by atoms with van der Waals surface area (Å²) >= 11 is 0. The van der Waals surface area contributed by atoms with Crippen LogP contribution in [0, 0.1) is 12.8 Å². The SMILES string of the molecule is Cc1cc(C(=O)NCc2cccc(C(F)(F)F)c2)nc(CC(=O)C2CC2)n1. The zero-order valence-electron chi connectivity index (χ0n) is 14.6. The van der Waals surface area contributed by atoms with Gasteiger partial charge in [0.15, 0.2) is 0 Å². The fraction of sp³-hybridized carbons (Fsp3) is 0.368. The number of benzene rings is 1. The van der Waals surface area contributed by atoms with E-state index in [-0.39, 0.29) is 36.2 Å². The number of hydrogen-bond acceptors (Lipinski definition) is 4. The quantitative estimate of drug-likeness (QED) is 0.839. The molecule has 0 atom stereocenters. The molecule has 142 valence electrons. The molecule has 0 saturated heterocycles. The van der Waals surface area contributed by atoms with Gasteiger partial charge < -0.3 is 5.32 Å². The minimum Gasteiger partial charge on any atom is -0.347 e. The number of nitrogens with one attached hydrogen (secondary N) is 1. The fourth-order valence-electron chi connectivity index (χ4n) is 2.66. The number of carbonyl (C=O) groups excluding carboxylic acids is 2. The van der Waals surface area contributed by atoms with Crippen LogP contribution in [0.25, 0.3) is 0 Å². The number of hydrogen-bond donors (Lipinski definition) is 1. The second-order valence-electron chi connectivity index (χ2n) is 6.61. The van der Waals surface area contributed by atoms with Crippen LogP contribution in [-0.4, -0.2) is 21.7 Å². The zero-order chi connectivity index (χ0) is 19.6. The average Bonchev–Trinajstić information content (AvgIpc) is 3.44. The van der Waals surface area contributed by atoms with Gasteiger partial charge in [0, 0.05) is 18.2 Å². The van der Waals surface area contributed by atoms with Gasteiger partial charge in [0.05, 0.1) is 12.0 Å². The first kappa shape index (κ1) is 19.0. The largest absolute Gasteiger partial charge is 0.416 e. The third-order valence-electron chi connectivity index (χ3n) is 4.21. The average molecular weight is 377 g/mol. The van der Waals surface area contributed by atoms with Crippen molar-refractivity contribution >= 4 is 11.7 Å². The fourth-order valence-corrected chi connectivity index (χ4v) is 2.66. The van der Waals surface area contributed by atoms with Crippen molar-refractivity contribution in [1.29, 1.82) is 0 Å². The lowest BCUT2D eigenvalue weighted by atomic mass is 10.1. The summed E-state index contributed by atoms with van der Waals surface area (Å²) in [5.41, 5.74) is 0.196. The molecule has 0 aliphatic heterocycles. The Morgan fingerprint density at radius 3 is 2.59 bits per heavy atom. The van der Waals surface area contributed by atoms with Crippen molar-refractivity contribution in [3.8, 4) is 0 Å². The highest BCUT2D eigenvalue weighted by atomic mass is 19.4. The Balaban J connectivity index is 1.67. The Bertz CT molecular complexity index is 877. The van der Waals surface area contributed by atoms with Crippen molar-refractivity contribution in [3.63, 3.8) is 0 Å². The molecule has 0 spiro atoms. The van der Waals surface area contributed by atoms with E-state index in [0.29, 0.717) is 11.3 Å². The number of aryl methyl sites for hydroxylation is 1. The summed E-state index contributed by atoms with van der Waals surface area (Å²) < 4.78 is 38.3. The third kappa shape index (κ3) is 5.12. The number of ketones is 1. The molecule has 1 heterocycles. The lowest BCUT2D eigenvalue weighted by Crippen LogP contribution is -2.25. The van der Waals surface area contributed by atoms with Crippen LogP contribution in [-0.2, 0) is 23.9 Å². The summed E-state index contributed by atoms with van der Waals surface area (Å²) in [6.07, 6.45) is -2.59. The Morgan fingerprint density at radius 1 is 1.19 bits per heavy atom. The van der Waals surface area contributed by atoms with E-state index in [1.807, 2.05) is 0 Å². The summed E-state index contributed by atoms with van der Waals surface area (Å²) in [4.78, 5) is 32.6. The van der Waals surface area contributed by atoms with Crippen molar-refractivity contribution in [2.75, 3.05) is 0 Å². The number of halogens is 3. The first-order valence-electron chi connectivity index (χ1n) is 8.54. The van der Waals surface area contributed by atoms with E-state index in [1.165, 1.54) is 18.2 Å². The molecule has 1 amide bonds. The molecule has 3 rings (SSSR count). The van der Waals surface area contributed by atoms with Crippen LogP contribution in [0.2, 0.25) is 0 Å². The molecule has 1 fully saturated rings. The lowest BCUT2D eigenvalue weighted by molar-refractivity contribution is -0.137. The molecule has 1 N–H and O–H groups in total. The van der Waals surface area contributed by atoms with Crippen LogP contribution >= 0.6 is 0 Å². The monoisotopic (exact) mass is 377 g/mol. The van der Waals surface area contributed by atoms with Gasteiger partial charge in [0.2, 0.25) is 0 Å². The van der Waals surface area contributed by atoms with Crippen molar-refractivity contribution in [3.05, 3.63) is 58.7 Å². The topological polar surface area (TPSA) is 72.0 Å². The molecule has 1 aliphatic rings. The van der Waals surface area contributed by atoms with E-state index in [0.717, 1.165) is 25.0 Å². The maximum Gasteiger partial charge on any atom is 0.416 e. The first-order chi connectivity index (χ1) is 12.7. The third-order valence-corrected chi connectivity index (χ3v) is 4.21. The van der Waals surface area contributed by atoms with Crippen LogP contribution in [0.1, 0.15) is 46.0 Å². The Labute approximate surface area is 154 Å². The minimum absolute atomic E-state index is 0.0657. The van der Waals surface area contributed by atoms with Crippen molar-refractivity contribution in [1.82, 2.24) is 15.3 Å². The molecule has 5 nitrogen and oxygen atoms in total. The predicted molar refractivity (Wildman–Crippen MR) is 90.8 cm³/mol. The van der Waals surface area contributed by atoms with Crippen LogP contribution in [0.5, 0.6) is 0 Å². The van der Waals surface area contributed by atoms with Crippen molar-refractivity contribution in [2.45, 2.75) is 38.9 Å². The number of rotatable bonds is 6. The number of aromatic nitrogens is 2. The molecule has 1 aromatic carbocycles. The van der Waals surface area contributed by atoms with Gasteiger partial charge in [-0.15, -0.1) is 0 Å². The van der Waals surface area contributed by atoms with E-state index in [1.54, 1.807) is 6.92 Å². The molecule has 0 radical (unpaired) electrons. The van der Waals surface area contributed by atoms with Crippen LogP contribution in [0.15, 0.2) is 30.3 Å². The van der Waals surface area contributed by atoms with Gasteiger partial charge in [0.1, 0.15) is 17.3 Å². The number of carbonyl (C=O) groups is 2. The highest BCUT2D eigenvalue weighted by molar-refractivity contribution is 5.92. The zero-order valence-corrected chi connectivity index (χ0v) is 14.6. The maximum absolute atomic E-state index is 12.8. The second kappa shape index (κ2) is 7.46. The highest BCUT2D eigenvalue weighted by Crippen LogP contribution is 2.31. The minimum atomic E-state index is -4.44. The van der Waals surface area contributed by atoms with Gasteiger partial charge in [-0.05, 0) is 43.5 Å². The normalized spacial score (nSPS) is 14.1. The summed E-state index contributed by atoms with van der Waals surface area (Å²) in [5.74, 6) is -0.0997. The first-order valence-corrected chi connectivity index (χ1v) is 8.54. The van der Waals surface area contributed by atoms with Gasteiger partial charge in [-0.1, -0.05) is 12.1 Å². The molecule has 0 bridgehead atoms. The maximum atomic E-state index is 12.8. The predicted octanol–water partition coefficient (Wildman–Crippen LogP) is 3.26. The second-order valence-corrected chi connectivity index (χ2v) is 6.61. The van der Waals surface area contributed by atoms with Crippen LogP contribution in [0.3, 0.4) is 0 Å². The highest BCUT2D eigenvalue weighted by Gasteiger charge is 2.31. The van der Waals surface area contributed by atoms with E-state index < -0.39 is 17.6 Å². The number of Topliss-reactive ketones (excluding diaryl/α,β-unsaturated/α-hetero) is 1.